The number of rotatable bonds is 4. The first kappa shape index (κ1) is 15.8. The van der Waals surface area contributed by atoms with Gasteiger partial charge in [-0.3, -0.25) is 0 Å². The van der Waals surface area contributed by atoms with Gasteiger partial charge in [-0.2, -0.15) is 11.3 Å². The van der Waals surface area contributed by atoms with Crippen molar-refractivity contribution in [2.24, 2.45) is 0 Å². The monoisotopic (exact) mass is 356 g/mol. The van der Waals surface area contributed by atoms with E-state index in [4.69, 9.17) is 4.98 Å². The number of thiazole rings is 1. The van der Waals surface area contributed by atoms with Crippen LogP contribution in [0.1, 0.15) is 11.3 Å². The summed E-state index contributed by atoms with van der Waals surface area (Å²) in [5.74, 6) is 0. The Hall–Kier alpha value is -1.69. The zero-order chi connectivity index (χ0) is 16.4. The molecule has 1 N–H and O–H groups in total. The standard InChI is InChI=1S/C19H21N3S2/c1-15-4-2-3-5-18(15)22-9-7-21(8-10-22)12-17-14-24-19(20-17)16-6-11-23-13-16/h2-6,11,13-14H,7-10,12H2,1H3/p+1. The second-order valence-corrected chi connectivity index (χ2v) is 7.99. The molecule has 0 aliphatic carbocycles. The van der Waals surface area contributed by atoms with Crippen LogP contribution in [0.25, 0.3) is 10.6 Å². The summed E-state index contributed by atoms with van der Waals surface area (Å²) in [7, 11) is 0. The van der Waals surface area contributed by atoms with Gasteiger partial charge in [-0.15, -0.1) is 11.3 Å². The quantitative estimate of drug-likeness (QED) is 0.775. The highest BCUT2D eigenvalue weighted by Gasteiger charge is 2.22. The van der Waals surface area contributed by atoms with E-state index in [1.165, 1.54) is 35.6 Å². The summed E-state index contributed by atoms with van der Waals surface area (Å²) < 4.78 is 0. The van der Waals surface area contributed by atoms with E-state index in [-0.39, 0.29) is 0 Å². The van der Waals surface area contributed by atoms with E-state index in [0.717, 1.165) is 24.6 Å². The third-order valence-electron chi connectivity index (χ3n) is 4.68. The Morgan fingerprint density at radius 3 is 2.71 bits per heavy atom. The van der Waals surface area contributed by atoms with Crippen LogP contribution in [0.15, 0.2) is 46.5 Å². The lowest BCUT2D eigenvalue weighted by Crippen LogP contribution is -3.13. The Labute approximate surface area is 151 Å². The molecule has 1 aromatic carbocycles. The third-order valence-corrected chi connectivity index (χ3v) is 6.30. The number of benzene rings is 1. The fourth-order valence-electron chi connectivity index (χ4n) is 3.32. The van der Waals surface area contributed by atoms with E-state index in [0.29, 0.717) is 0 Å². The molecule has 1 fully saturated rings. The first-order chi connectivity index (χ1) is 11.8. The first-order valence-electron chi connectivity index (χ1n) is 8.41. The Balaban J connectivity index is 1.36. The summed E-state index contributed by atoms with van der Waals surface area (Å²) in [4.78, 5) is 8.99. The Morgan fingerprint density at radius 1 is 1.12 bits per heavy atom. The van der Waals surface area contributed by atoms with Crippen LogP contribution in [0.2, 0.25) is 0 Å². The number of aromatic nitrogens is 1. The first-order valence-corrected chi connectivity index (χ1v) is 10.2. The minimum atomic E-state index is 1.04. The van der Waals surface area contributed by atoms with E-state index in [9.17, 15) is 0 Å². The normalized spacial score (nSPS) is 15.8. The lowest BCUT2D eigenvalue weighted by molar-refractivity contribution is -0.914. The molecule has 0 amide bonds. The van der Waals surface area contributed by atoms with Crippen LogP contribution in [0.4, 0.5) is 5.69 Å². The van der Waals surface area contributed by atoms with Crippen LogP contribution in [0.5, 0.6) is 0 Å². The Kier molecular flexibility index (Phi) is 4.65. The van der Waals surface area contributed by atoms with Crippen LogP contribution >= 0.6 is 22.7 Å². The number of nitrogens with one attached hydrogen (secondary N) is 1. The van der Waals surface area contributed by atoms with E-state index in [1.807, 2.05) is 0 Å². The topological polar surface area (TPSA) is 20.6 Å². The highest BCUT2D eigenvalue weighted by atomic mass is 32.1. The van der Waals surface area contributed by atoms with Gasteiger partial charge in [0, 0.05) is 22.0 Å². The van der Waals surface area contributed by atoms with Crippen molar-refractivity contribution in [3.63, 3.8) is 0 Å². The van der Waals surface area contributed by atoms with Crippen LogP contribution in [-0.4, -0.2) is 31.2 Å². The van der Waals surface area contributed by atoms with Crippen LogP contribution in [-0.2, 0) is 6.54 Å². The summed E-state index contributed by atoms with van der Waals surface area (Å²) in [6, 6.07) is 10.9. The molecule has 0 spiro atoms. The van der Waals surface area contributed by atoms with Gasteiger partial charge in [0.05, 0.1) is 26.2 Å². The largest absolute Gasteiger partial charge is 0.360 e. The Bertz CT molecular complexity index is 787. The molecule has 0 bridgehead atoms. The van der Waals surface area contributed by atoms with Gasteiger partial charge in [-0.1, -0.05) is 18.2 Å². The highest BCUT2D eigenvalue weighted by Crippen LogP contribution is 2.25. The zero-order valence-electron chi connectivity index (χ0n) is 13.9. The maximum absolute atomic E-state index is 4.83. The molecule has 1 saturated heterocycles. The van der Waals surface area contributed by atoms with E-state index in [2.05, 4.69) is 58.3 Å². The molecule has 1 aliphatic rings. The van der Waals surface area contributed by atoms with E-state index >= 15 is 0 Å². The third kappa shape index (κ3) is 3.38. The van der Waals surface area contributed by atoms with Crippen LogP contribution < -0.4 is 9.80 Å². The molecule has 3 heterocycles. The van der Waals surface area contributed by atoms with Gasteiger partial charge in [0.1, 0.15) is 17.2 Å². The highest BCUT2D eigenvalue weighted by molar-refractivity contribution is 7.14. The van der Waals surface area contributed by atoms with Crippen LogP contribution in [0.3, 0.4) is 0 Å². The van der Waals surface area contributed by atoms with E-state index < -0.39 is 0 Å². The molecule has 3 nitrogen and oxygen atoms in total. The number of quaternary nitrogens is 1. The molecule has 0 saturated carbocycles. The predicted molar refractivity (Wildman–Crippen MR) is 103 cm³/mol. The molecule has 5 heteroatoms. The second-order valence-electron chi connectivity index (χ2n) is 6.36. The van der Waals surface area contributed by atoms with Crippen molar-refractivity contribution in [3.8, 4) is 10.6 Å². The summed E-state index contributed by atoms with van der Waals surface area (Å²) in [5.41, 5.74) is 5.27. The lowest BCUT2D eigenvalue weighted by atomic mass is 10.1. The molecule has 24 heavy (non-hydrogen) atoms. The van der Waals surface area contributed by atoms with Crippen LogP contribution in [0, 0.1) is 6.92 Å². The minimum absolute atomic E-state index is 1.04. The molecule has 2 aromatic heterocycles. The second kappa shape index (κ2) is 7.05. The maximum Gasteiger partial charge on any atom is 0.124 e. The SMILES string of the molecule is Cc1ccccc1N1CC[NH+](Cc2csc(-c3ccsc3)n2)CC1. The molecule has 0 unspecified atom stereocenters. The van der Waals surface area contributed by atoms with Gasteiger partial charge in [0.25, 0.3) is 0 Å². The van der Waals surface area contributed by atoms with Gasteiger partial charge in [0.2, 0.25) is 0 Å². The number of aryl methyl sites for hydroxylation is 1. The predicted octanol–water partition coefficient (Wildman–Crippen LogP) is 3.09. The Morgan fingerprint density at radius 2 is 1.96 bits per heavy atom. The zero-order valence-corrected chi connectivity index (χ0v) is 15.5. The van der Waals surface area contributed by atoms with Gasteiger partial charge in [-0.05, 0) is 30.0 Å². The molecule has 3 aromatic rings. The molecular weight excluding hydrogens is 334 g/mol. The minimum Gasteiger partial charge on any atom is -0.360 e. The number of hydrogen-bond acceptors (Lipinski definition) is 4. The number of para-hydroxylation sites is 1. The number of piperazine rings is 1. The molecule has 1 aliphatic heterocycles. The smallest absolute Gasteiger partial charge is 0.124 e. The fourth-order valence-corrected chi connectivity index (χ4v) is 4.85. The van der Waals surface area contributed by atoms with Crippen molar-refractivity contribution in [2.45, 2.75) is 13.5 Å². The summed E-state index contributed by atoms with van der Waals surface area (Å²) in [6.45, 7) is 7.86. The summed E-state index contributed by atoms with van der Waals surface area (Å²) >= 11 is 3.50. The van der Waals surface area contributed by atoms with Gasteiger partial charge in [-0.25, -0.2) is 4.98 Å². The summed E-state index contributed by atoms with van der Waals surface area (Å²) in [6.07, 6.45) is 0. The van der Waals surface area contributed by atoms with Gasteiger partial charge in [0.15, 0.2) is 0 Å². The lowest BCUT2D eigenvalue weighted by Gasteiger charge is -2.34. The van der Waals surface area contributed by atoms with Crippen molar-refractivity contribution in [1.82, 2.24) is 4.98 Å². The molecule has 0 radical (unpaired) electrons. The molecule has 0 atom stereocenters. The van der Waals surface area contributed by atoms with Crippen molar-refractivity contribution < 1.29 is 4.90 Å². The molecule has 124 valence electrons. The summed E-state index contributed by atoms with van der Waals surface area (Å²) in [5, 5.41) is 7.68. The van der Waals surface area contributed by atoms with E-state index in [1.54, 1.807) is 27.6 Å². The number of thiophene rings is 1. The average Bonchev–Trinajstić information content (AvgIpc) is 3.27. The van der Waals surface area contributed by atoms with Crippen molar-refractivity contribution >= 4 is 28.4 Å². The number of hydrogen-bond donors (Lipinski definition) is 1. The number of anilines is 1. The van der Waals surface area contributed by atoms with Gasteiger partial charge >= 0.3 is 0 Å². The molecular formula is C19H22N3S2+. The molecule has 4 rings (SSSR count). The van der Waals surface area contributed by atoms with Crippen molar-refractivity contribution in [3.05, 3.63) is 57.7 Å². The average molecular weight is 357 g/mol. The maximum atomic E-state index is 4.83. The van der Waals surface area contributed by atoms with Gasteiger partial charge < -0.3 is 9.80 Å². The van der Waals surface area contributed by atoms with Crippen molar-refractivity contribution in [1.29, 1.82) is 0 Å². The number of nitrogens with zero attached hydrogens (tertiary/aromatic N) is 2. The van der Waals surface area contributed by atoms with Crippen molar-refractivity contribution in [2.75, 3.05) is 31.1 Å². The fraction of sp³-hybridized carbons (Fsp3) is 0.316.